The fourth-order valence-corrected chi connectivity index (χ4v) is 6.78. The number of halogens is 1. The lowest BCUT2D eigenvalue weighted by atomic mass is 10.0. The molecule has 1 atom stereocenters. The highest BCUT2D eigenvalue weighted by Gasteiger charge is 2.35. The summed E-state index contributed by atoms with van der Waals surface area (Å²) in [5.41, 5.74) is 4.51. The van der Waals surface area contributed by atoms with Gasteiger partial charge in [-0.05, 0) is 79.8 Å². The van der Waals surface area contributed by atoms with Gasteiger partial charge in [-0.2, -0.15) is 0 Å². The Hall–Kier alpha value is -4.14. The van der Waals surface area contributed by atoms with Crippen molar-refractivity contribution in [3.63, 3.8) is 0 Å². The summed E-state index contributed by atoms with van der Waals surface area (Å²) in [5.74, 6) is -0.849. The average molecular weight is 646 g/mol. The zero-order chi connectivity index (χ0) is 32.6. The fourth-order valence-electron chi connectivity index (χ4n) is 5.19. The van der Waals surface area contributed by atoms with Crippen molar-refractivity contribution in [2.75, 3.05) is 17.4 Å². The lowest BCUT2D eigenvalue weighted by Crippen LogP contribution is -2.53. The van der Waals surface area contributed by atoms with Gasteiger partial charge in [0.1, 0.15) is 12.6 Å². The number of anilines is 1. The second-order valence-corrected chi connectivity index (χ2v) is 13.5. The number of hydrogen-bond acceptors (Lipinski definition) is 4. The van der Waals surface area contributed by atoms with Crippen LogP contribution in [-0.4, -0.2) is 44.3 Å². The molecule has 0 aliphatic carbocycles. The first kappa shape index (κ1) is 33.7. The van der Waals surface area contributed by atoms with E-state index in [0.29, 0.717) is 22.8 Å². The minimum atomic E-state index is -4.17. The molecule has 7 nitrogen and oxygen atoms in total. The molecule has 4 aromatic carbocycles. The molecule has 0 saturated heterocycles. The summed E-state index contributed by atoms with van der Waals surface area (Å²) in [6, 6.07) is 27.7. The van der Waals surface area contributed by atoms with Crippen LogP contribution in [0.4, 0.5) is 5.69 Å². The zero-order valence-electron chi connectivity index (χ0n) is 26.2. The Morgan fingerprint density at radius 3 is 2.07 bits per heavy atom. The first-order valence-electron chi connectivity index (χ1n) is 15.0. The number of sulfonamides is 1. The largest absolute Gasteiger partial charge is 0.354 e. The number of amides is 2. The Bertz CT molecular complexity index is 1710. The highest BCUT2D eigenvalue weighted by atomic mass is 35.5. The molecule has 4 rings (SSSR count). The maximum absolute atomic E-state index is 14.6. The van der Waals surface area contributed by atoms with Crippen molar-refractivity contribution in [1.82, 2.24) is 10.2 Å². The van der Waals surface area contributed by atoms with Gasteiger partial charge in [-0.25, -0.2) is 8.42 Å². The molecular weight excluding hydrogens is 606 g/mol. The summed E-state index contributed by atoms with van der Waals surface area (Å²) in [5, 5.41) is 3.40. The normalized spacial score (nSPS) is 11.9. The molecule has 45 heavy (non-hydrogen) atoms. The van der Waals surface area contributed by atoms with Crippen molar-refractivity contribution >= 4 is 39.1 Å². The lowest BCUT2D eigenvalue weighted by molar-refractivity contribution is -0.140. The summed E-state index contributed by atoms with van der Waals surface area (Å²) in [6.45, 7) is 7.53. The van der Waals surface area contributed by atoms with Crippen molar-refractivity contribution in [2.24, 2.45) is 0 Å². The number of rotatable bonds is 13. The van der Waals surface area contributed by atoms with E-state index in [1.165, 1.54) is 4.90 Å². The van der Waals surface area contributed by atoms with E-state index < -0.39 is 28.5 Å². The second kappa shape index (κ2) is 15.2. The lowest BCUT2D eigenvalue weighted by Gasteiger charge is -2.34. The van der Waals surface area contributed by atoms with E-state index in [9.17, 15) is 18.0 Å². The van der Waals surface area contributed by atoms with Crippen LogP contribution in [0.25, 0.3) is 0 Å². The molecule has 0 aliphatic heterocycles. The molecule has 0 aliphatic rings. The SMILES string of the molecule is CCCNC(=O)[C@@H](Cc1ccccc1)N(Cc1ccccc1Cl)C(=O)CN(c1cc(C)cc(C)c1)S(=O)(=O)c1ccc(C)cc1. The number of aryl methyl sites for hydroxylation is 3. The van der Waals surface area contributed by atoms with E-state index in [4.69, 9.17) is 11.6 Å². The van der Waals surface area contributed by atoms with E-state index in [0.717, 1.165) is 33.0 Å². The van der Waals surface area contributed by atoms with E-state index in [-0.39, 0.29) is 23.8 Å². The van der Waals surface area contributed by atoms with Crippen molar-refractivity contribution in [3.8, 4) is 0 Å². The molecule has 4 aromatic rings. The Morgan fingerprint density at radius 1 is 0.822 bits per heavy atom. The van der Waals surface area contributed by atoms with Crippen LogP contribution < -0.4 is 9.62 Å². The van der Waals surface area contributed by atoms with Crippen LogP contribution in [-0.2, 0) is 32.6 Å². The molecule has 236 valence electrons. The molecular formula is C36H40ClN3O4S. The minimum absolute atomic E-state index is 0.0147. The highest BCUT2D eigenvalue weighted by Crippen LogP contribution is 2.28. The van der Waals surface area contributed by atoms with Gasteiger partial charge in [0, 0.05) is 24.5 Å². The van der Waals surface area contributed by atoms with Gasteiger partial charge in [-0.1, -0.05) is 90.8 Å². The number of nitrogens with zero attached hydrogens (tertiary/aromatic N) is 2. The van der Waals surface area contributed by atoms with Crippen LogP contribution in [0.2, 0.25) is 5.02 Å². The molecule has 0 radical (unpaired) electrons. The second-order valence-electron chi connectivity index (χ2n) is 11.3. The monoisotopic (exact) mass is 645 g/mol. The molecule has 1 N–H and O–H groups in total. The zero-order valence-corrected chi connectivity index (χ0v) is 27.7. The van der Waals surface area contributed by atoms with E-state index in [2.05, 4.69) is 5.32 Å². The third kappa shape index (κ3) is 8.74. The summed E-state index contributed by atoms with van der Waals surface area (Å²) in [7, 11) is -4.17. The van der Waals surface area contributed by atoms with Crippen LogP contribution in [0.1, 0.15) is 41.2 Å². The molecule has 0 heterocycles. The van der Waals surface area contributed by atoms with E-state index in [1.807, 2.05) is 70.2 Å². The van der Waals surface area contributed by atoms with Crippen LogP contribution in [0.5, 0.6) is 0 Å². The highest BCUT2D eigenvalue weighted by molar-refractivity contribution is 7.92. The predicted octanol–water partition coefficient (Wildman–Crippen LogP) is 6.63. The molecule has 0 bridgehead atoms. The fraction of sp³-hybridized carbons (Fsp3) is 0.278. The van der Waals surface area contributed by atoms with Crippen molar-refractivity contribution < 1.29 is 18.0 Å². The first-order chi connectivity index (χ1) is 21.5. The van der Waals surface area contributed by atoms with Crippen LogP contribution >= 0.6 is 11.6 Å². The van der Waals surface area contributed by atoms with Crippen LogP contribution in [0.15, 0.2) is 102 Å². The van der Waals surface area contributed by atoms with Crippen molar-refractivity contribution in [1.29, 1.82) is 0 Å². The number of carbonyl (C=O) groups excluding carboxylic acids is 2. The standard InChI is InChI=1S/C36H40ClN3O4S/c1-5-19-38-36(42)34(23-29-11-7-6-8-12-29)39(24-30-13-9-10-14-33(30)37)35(41)25-40(31-21-27(3)20-28(4)22-31)45(43,44)32-17-15-26(2)16-18-32/h6-18,20-22,34H,5,19,23-25H2,1-4H3,(H,38,42)/t34-/m1/s1. The van der Waals surface area contributed by atoms with Gasteiger partial charge in [0.25, 0.3) is 10.0 Å². The number of nitrogens with one attached hydrogen (secondary N) is 1. The molecule has 0 unspecified atom stereocenters. The molecule has 0 aromatic heterocycles. The first-order valence-corrected chi connectivity index (χ1v) is 16.8. The Kier molecular flexibility index (Phi) is 11.4. The summed E-state index contributed by atoms with van der Waals surface area (Å²) < 4.78 is 29.6. The predicted molar refractivity (Wildman–Crippen MR) is 181 cm³/mol. The molecule has 0 fully saturated rings. The smallest absolute Gasteiger partial charge is 0.264 e. The maximum atomic E-state index is 14.6. The number of hydrogen-bond donors (Lipinski definition) is 1. The molecule has 0 spiro atoms. The van der Waals surface area contributed by atoms with Crippen LogP contribution in [0, 0.1) is 20.8 Å². The van der Waals surface area contributed by atoms with Gasteiger partial charge in [-0.3, -0.25) is 13.9 Å². The molecule has 0 saturated carbocycles. The van der Waals surface area contributed by atoms with Gasteiger partial charge in [0.2, 0.25) is 11.8 Å². The van der Waals surface area contributed by atoms with E-state index in [1.54, 1.807) is 54.6 Å². The van der Waals surface area contributed by atoms with Gasteiger partial charge >= 0.3 is 0 Å². The maximum Gasteiger partial charge on any atom is 0.264 e. The summed E-state index contributed by atoms with van der Waals surface area (Å²) >= 11 is 6.56. The van der Waals surface area contributed by atoms with Gasteiger partial charge in [0.15, 0.2) is 0 Å². The third-order valence-corrected chi connectivity index (χ3v) is 9.66. The third-order valence-electron chi connectivity index (χ3n) is 7.50. The average Bonchev–Trinajstić information content (AvgIpc) is 3.01. The van der Waals surface area contributed by atoms with Gasteiger partial charge in [-0.15, -0.1) is 0 Å². The van der Waals surface area contributed by atoms with E-state index >= 15 is 0 Å². The topological polar surface area (TPSA) is 86.8 Å². The Balaban J connectivity index is 1.83. The number of benzene rings is 4. The summed E-state index contributed by atoms with van der Waals surface area (Å²) in [4.78, 5) is 29.8. The molecule has 9 heteroatoms. The van der Waals surface area contributed by atoms with Crippen LogP contribution in [0.3, 0.4) is 0 Å². The van der Waals surface area contributed by atoms with Gasteiger partial charge < -0.3 is 10.2 Å². The van der Waals surface area contributed by atoms with Crippen molar-refractivity contribution in [2.45, 2.75) is 58.0 Å². The Labute approximate surface area is 271 Å². The van der Waals surface area contributed by atoms with Crippen molar-refractivity contribution in [3.05, 3.63) is 130 Å². The van der Waals surface area contributed by atoms with Gasteiger partial charge in [0.05, 0.1) is 10.6 Å². The Morgan fingerprint density at radius 2 is 1.44 bits per heavy atom. The minimum Gasteiger partial charge on any atom is -0.354 e. The molecule has 2 amide bonds. The number of carbonyl (C=O) groups is 2. The quantitative estimate of drug-likeness (QED) is 0.177. The summed E-state index contributed by atoms with van der Waals surface area (Å²) in [6.07, 6.45) is 0.957.